The highest BCUT2D eigenvalue weighted by Crippen LogP contribution is 2.32. The second kappa shape index (κ2) is 7.32. The molecular weight excluding hydrogens is 280 g/mol. The predicted octanol–water partition coefficient (Wildman–Crippen LogP) is 6.38. The van der Waals surface area contributed by atoms with Gasteiger partial charge < -0.3 is 5.11 Å². The molecule has 23 heavy (non-hydrogen) atoms. The lowest BCUT2D eigenvalue weighted by molar-refractivity contribution is 0.481. The third-order valence-electron chi connectivity index (χ3n) is 4.43. The van der Waals surface area contributed by atoms with Crippen LogP contribution in [0.25, 0.3) is 21.5 Å². The number of hydrogen-bond donors (Lipinski definition) is 1. The van der Waals surface area contributed by atoms with Crippen molar-refractivity contribution in [2.24, 2.45) is 0 Å². The molecule has 0 aliphatic carbocycles. The monoisotopic (exact) mass is 304 g/mol. The van der Waals surface area contributed by atoms with E-state index >= 15 is 0 Å². The van der Waals surface area contributed by atoms with Crippen LogP contribution in [0.15, 0.2) is 60.7 Å². The normalized spacial score (nSPS) is 11.7. The molecule has 0 aliphatic heterocycles. The van der Waals surface area contributed by atoms with Crippen LogP contribution in [0.1, 0.15) is 38.2 Å². The largest absolute Gasteiger partial charge is 0.507 e. The number of aromatic hydroxyl groups is 1. The van der Waals surface area contributed by atoms with Crippen molar-refractivity contribution >= 4 is 21.5 Å². The van der Waals surface area contributed by atoms with Crippen molar-refractivity contribution in [3.8, 4) is 5.75 Å². The molecule has 1 N–H and O–H groups in total. The van der Waals surface area contributed by atoms with Crippen LogP contribution >= 0.6 is 0 Å². The number of phenolic OH excluding ortho intramolecular Hbond substituents is 1. The first kappa shape index (κ1) is 15.6. The Morgan fingerprint density at radius 2 is 1.61 bits per heavy atom. The van der Waals surface area contributed by atoms with Gasteiger partial charge in [0.05, 0.1) is 0 Å². The van der Waals surface area contributed by atoms with Crippen LogP contribution in [0.5, 0.6) is 5.75 Å². The molecule has 0 heterocycles. The molecule has 0 bridgehead atoms. The van der Waals surface area contributed by atoms with Gasteiger partial charge in [-0.05, 0) is 59.2 Å². The van der Waals surface area contributed by atoms with Crippen LogP contribution in [-0.2, 0) is 6.42 Å². The molecule has 0 aliphatic rings. The number of hydrogen-bond acceptors (Lipinski definition) is 1. The molecule has 118 valence electrons. The fraction of sp³-hybridized carbons (Fsp3) is 0.273. The minimum Gasteiger partial charge on any atom is -0.507 e. The summed E-state index contributed by atoms with van der Waals surface area (Å²) >= 11 is 0. The molecule has 3 aromatic carbocycles. The summed E-state index contributed by atoms with van der Waals surface area (Å²) < 4.78 is 0. The highest BCUT2D eigenvalue weighted by molar-refractivity contribution is 6.02. The second-order valence-corrected chi connectivity index (χ2v) is 6.16. The SMILES string of the molecule is CCCCC/C=C/Cc1ccc(O)c2cc3ccccc3cc12. The number of fused-ring (bicyclic) bond motifs is 2. The fourth-order valence-corrected chi connectivity index (χ4v) is 3.10. The van der Waals surface area contributed by atoms with E-state index < -0.39 is 0 Å². The van der Waals surface area contributed by atoms with Gasteiger partial charge in [0, 0.05) is 5.39 Å². The first-order valence-corrected chi connectivity index (χ1v) is 8.58. The van der Waals surface area contributed by atoms with Crippen molar-refractivity contribution in [2.45, 2.75) is 39.0 Å². The minimum absolute atomic E-state index is 0.362. The van der Waals surface area contributed by atoms with Crippen molar-refractivity contribution in [3.05, 3.63) is 66.2 Å². The number of phenols is 1. The topological polar surface area (TPSA) is 20.2 Å². The zero-order chi connectivity index (χ0) is 16.1. The molecule has 0 atom stereocenters. The summed E-state index contributed by atoms with van der Waals surface area (Å²) in [6.07, 6.45) is 10.5. The molecule has 0 radical (unpaired) electrons. The summed E-state index contributed by atoms with van der Waals surface area (Å²) in [5.41, 5.74) is 1.27. The van der Waals surface area contributed by atoms with Crippen LogP contribution in [0.4, 0.5) is 0 Å². The lowest BCUT2D eigenvalue weighted by atomic mass is 9.97. The summed E-state index contributed by atoms with van der Waals surface area (Å²) in [6, 6.07) is 16.5. The van der Waals surface area contributed by atoms with E-state index in [0.717, 1.165) is 23.6 Å². The van der Waals surface area contributed by atoms with E-state index in [2.05, 4.69) is 49.4 Å². The molecule has 0 saturated heterocycles. The van der Waals surface area contributed by atoms with Crippen LogP contribution in [-0.4, -0.2) is 5.11 Å². The highest BCUT2D eigenvalue weighted by atomic mass is 16.3. The number of rotatable bonds is 6. The first-order chi connectivity index (χ1) is 11.3. The van der Waals surface area contributed by atoms with Crippen LogP contribution in [0.2, 0.25) is 0 Å². The lowest BCUT2D eigenvalue weighted by Gasteiger charge is -2.09. The van der Waals surface area contributed by atoms with Crippen molar-refractivity contribution in [1.29, 1.82) is 0 Å². The molecule has 3 aromatic rings. The Morgan fingerprint density at radius 3 is 2.35 bits per heavy atom. The van der Waals surface area contributed by atoms with Gasteiger partial charge in [0.15, 0.2) is 0 Å². The Balaban J connectivity index is 1.91. The Bertz CT molecular complexity index is 830. The van der Waals surface area contributed by atoms with E-state index in [9.17, 15) is 5.11 Å². The van der Waals surface area contributed by atoms with Crippen molar-refractivity contribution in [2.75, 3.05) is 0 Å². The number of benzene rings is 3. The van der Waals surface area contributed by atoms with Gasteiger partial charge in [-0.15, -0.1) is 0 Å². The van der Waals surface area contributed by atoms with Crippen molar-refractivity contribution in [1.82, 2.24) is 0 Å². The molecule has 0 fully saturated rings. The second-order valence-electron chi connectivity index (χ2n) is 6.16. The Kier molecular flexibility index (Phi) is 4.97. The van der Waals surface area contributed by atoms with Gasteiger partial charge in [0.2, 0.25) is 0 Å². The van der Waals surface area contributed by atoms with Gasteiger partial charge >= 0.3 is 0 Å². The van der Waals surface area contributed by atoms with E-state index in [1.54, 1.807) is 0 Å². The molecule has 1 heteroatoms. The predicted molar refractivity (Wildman–Crippen MR) is 100 cm³/mol. The molecule has 0 unspecified atom stereocenters. The molecule has 0 aromatic heterocycles. The molecular formula is C22H24O. The average molecular weight is 304 g/mol. The summed E-state index contributed by atoms with van der Waals surface area (Å²) in [5.74, 6) is 0.362. The van der Waals surface area contributed by atoms with Crippen molar-refractivity contribution in [3.63, 3.8) is 0 Å². The van der Waals surface area contributed by atoms with Gasteiger partial charge in [-0.1, -0.05) is 62.2 Å². The average Bonchev–Trinajstić information content (AvgIpc) is 2.58. The maximum atomic E-state index is 10.2. The first-order valence-electron chi connectivity index (χ1n) is 8.58. The van der Waals surface area contributed by atoms with E-state index in [1.807, 2.05) is 18.2 Å². The standard InChI is InChI=1S/C22H24O/c1-2-3-4-5-6-7-10-17-13-14-22(23)21-16-19-12-9-8-11-18(19)15-20(17)21/h6-9,11-16,23H,2-5,10H2,1H3/b7-6+. The van der Waals surface area contributed by atoms with Gasteiger partial charge in [-0.2, -0.15) is 0 Å². The molecule has 0 saturated carbocycles. The zero-order valence-corrected chi connectivity index (χ0v) is 13.8. The smallest absolute Gasteiger partial charge is 0.123 e. The minimum atomic E-state index is 0.362. The van der Waals surface area contributed by atoms with Gasteiger partial charge in [-0.3, -0.25) is 0 Å². The third kappa shape index (κ3) is 3.56. The maximum Gasteiger partial charge on any atom is 0.123 e. The zero-order valence-electron chi connectivity index (χ0n) is 13.8. The molecule has 3 rings (SSSR count). The van der Waals surface area contributed by atoms with E-state index in [1.165, 1.54) is 35.6 Å². The summed E-state index contributed by atoms with van der Waals surface area (Å²) in [4.78, 5) is 0. The number of allylic oxidation sites excluding steroid dienone is 2. The van der Waals surface area contributed by atoms with Gasteiger partial charge in [0.25, 0.3) is 0 Å². The summed E-state index contributed by atoms with van der Waals surface area (Å²) in [6.45, 7) is 2.23. The Labute approximate surface area is 138 Å². The Morgan fingerprint density at radius 1 is 0.870 bits per heavy atom. The van der Waals surface area contributed by atoms with E-state index in [0.29, 0.717) is 5.75 Å². The quantitative estimate of drug-likeness (QED) is 0.318. The van der Waals surface area contributed by atoms with Crippen LogP contribution < -0.4 is 0 Å². The van der Waals surface area contributed by atoms with Crippen LogP contribution in [0.3, 0.4) is 0 Å². The highest BCUT2D eigenvalue weighted by Gasteiger charge is 2.06. The van der Waals surface area contributed by atoms with E-state index in [4.69, 9.17) is 0 Å². The number of unbranched alkanes of at least 4 members (excludes halogenated alkanes) is 3. The van der Waals surface area contributed by atoms with Crippen molar-refractivity contribution < 1.29 is 5.11 Å². The molecule has 0 amide bonds. The molecule has 0 spiro atoms. The lowest BCUT2D eigenvalue weighted by Crippen LogP contribution is -1.86. The Hall–Kier alpha value is -2.28. The van der Waals surface area contributed by atoms with E-state index in [-0.39, 0.29) is 0 Å². The summed E-state index contributed by atoms with van der Waals surface area (Å²) in [7, 11) is 0. The fourth-order valence-electron chi connectivity index (χ4n) is 3.10. The van der Waals surface area contributed by atoms with Gasteiger partial charge in [-0.25, -0.2) is 0 Å². The van der Waals surface area contributed by atoms with Crippen LogP contribution in [0, 0.1) is 0 Å². The molecule has 1 nitrogen and oxygen atoms in total. The third-order valence-corrected chi connectivity index (χ3v) is 4.43. The maximum absolute atomic E-state index is 10.2. The summed E-state index contributed by atoms with van der Waals surface area (Å²) in [5, 5.41) is 14.7. The van der Waals surface area contributed by atoms with Gasteiger partial charge in [0.1, 0.15) is 5.75 Å².